The second-order valence-electron chi connectivity index (χ2n) is 9.08. The van der Waals surface area contributed by atoms with Crippen molar-refractivity contribution in [1.29, 1.82) is 0 Å². The zero-order valence-electron chi connectivity index (χ0n) is 16.1. The van der Waals surface area contributed by atoms with Crippen LogP contribution in [0.4, 0.5) is 0 Å². The largest absolute Gasteiger partial charge is 0.396 e. The summed E-state index contributed by atoms with van der Waals surface area (Å²) in [7, 11) is 0. The summed E-state index contributed by atoms with van der Waals surface area (Å²) in [6, 6.07) is 0. The van der Waals surface area contributed by atoms with Crippen molar-refractivity contribution in [2.75, 3.05) is 26.2 Å². The Balaban J connectivity index is 4.59. The molecule has 128 valence electrons. The summed E-state index contributed by atoms with van der Waals surface area (Å²) in [5.74, 6) is 0. The Morgan fingerprint density at radius 2 is 1.05 bits per heavy atom. The molecule has 0 aromatic rings. The summed E-state index contributed by atoms with van der Waals surface area (Å²) < 4.78 is 0. The van der Waals surface area contributed by atoms with Crippen LogP contribution in [0, 0.1) is 0 Å². The summed E-state index contributed by atoms with van der Waals surface area (Å²) in [6.07, 6.45) is 2.02. The lowest BCUT2D eigenvalue weighted by atomic mass is 9.95. The first kappa shape index (κ1) is 20.9. The molecular formula is C18H40N2O. The summed E-state index contributed by atoms with van der Waals surface area (Å²) in [4.78, 5) is 5.08. The van der Waals surface area contributed by atoms with Gasteiger partial charge in [-0.25, -0.2) is 0 Å². The molecule has 1 N–H and O–H groups in total. The summed E-state index contributed by atoms with van der Waals surface area (Å²) in [5.41, 5.74) is 0.551. The van der Waals surface area contributed by atoms with Gasteiger partial charge >= 0.3 is 0 Å². The van der Waals surface area contributed by atoms with Crippen LogP contribution in [0.1, 0.15) is 75.2 Å². The maximum absolute atomic E-state index is 9.07. The molecule has 0 heterocycles. The van der Waals surface area contributed by atoms with E-state index in [0.29, 0.717) is 0 Å². The van der Waals surface area contributed by atoms with Crippen molar-refractivity contribution in [3.05, 3.63) is 0 Å². The van der Waals surface area contributed by atoms with Crippen LogP contribution in [0.5, 0.6) is 0 Å². The Labute approximate surface area is 133 Å². The molecule has 0 aliphatic carbocycles. The Hall–Kier alpha value is -0.120. The van der Waals surface area contributed by atoms with Crippen LogP contribution in [0.3, 0.4) is 0 Å². The fourth-order valence-electron chi connectivity index (χ4n) is 3.14. The van der Waals surface area contributed by atoms with Gasteiger partial charge in [0.15, 0.2) is 0 Å². The van der Waals surface area contributed by atoms with E-state index in [2.05, 4.69) is 72.1 Å². The average molecular weight is 301 g/mol. The van der Waals surface area contributed by atoms with Crippen molar-refractivity contribution >= 4 is 0 Å². The molecule has 0 bridgehead atoms. The van der Waals surface area contributed by atoms with E-state index in [1.54, 1.807) is 0 Å². The summed E-state index contributed by atoms with van der Waals surface area (Å²) in [6.45, 7) is 24.0. The molecular weight excluding hydrogens is 260 g/mol. The highest BCUT2D eigenvalue weighted by atomic mass is 16.3. The Morgan fingerprint density at radius 1 is 0.619 bits per heavy atom. The monoisotopic (exact) mass is 300 g/mol. The zero-order chi connectivity index (χ0) is 16.9. The van der Waals surface area contributed by atoms with Crippen LogP contribution in [0.15, 0.2) is 0 Å². The SMILES string of the molecule is CC(C)(C)N(CCCO)CCCN(C(C)(C)C)C(C)(C)C. The third-order valence-electron chi connectivity index (χ3n) is 3.96. The van der Waals surface area contributed by atoms with Crippen LogP contribution in [0.2, 0.25) is 0 Å². The molecule has 0 aliphatic heterocycles. The van der Waals surface area contributed by atoms with Crippen LogP contribution >= 0.6 is 0 Å². The van der Waals surface area contributed by atoms with Gasteiger partial charge in [-0.2, -0.15) is 0 Å². The first-order valence-corrected chi connectivity index (χ1v) is 8.44. The van der Waals surface area contributed by atoms with Gasteiger partial charge in [-0.05, 0) is 81.7 Å². The molecule has 21 heavy (non-hydrogen) atoms. The summed E-state index contributed by atoms with van der Waals surface area (Å²) >= 11 is 0. The highest BCUT2D eigenvalue weighted by molar-refractivity contribution is 4.87. The van der Waals surface area contributed by atoms with Crippen LogP contribution in [-0.4, -0.2) is 57.8 Å². The van der Waals surface area contributed by atoms with E-state index in [1.807, 2.05) is 0 Å². The molecule has 0 spiro atoms. The van der Waals surface area contributed by atoms with Gasteiger partial charge in [0.2, 0.25) is 0 Å². The molecule has 0 aromatic heterocycles. The van der Waals surface area contributed by atoms with Crippen molar-refractivity contribution in [3.63, 3.8) is 0 Å². The number of hydrogen-bond acceptors (Lipinski definition) is 3. The van der Waals surface area contributed by atoms with Gasteiger partial charge in [-0.15, -0.1) is 0 Å². The van der Waals surface area contributed by atoms with Gasteiger partial charge in [-0.1, -0.05) is 0 Å². The van der Waals surface area contributed by atoms with Crippen molar-refractivity contribution < 1.29 is 5.11 Å². The molecule has 0 fully saturated rings. The molecule has 3 heteroatoms. The number of rotatable bonds is 7. The van der Waals surface area contributed by atoms with Gasteiger partial charge in [0, 0.05) is 36.3 Å². The highest BCUT2D eigenvalue weighted by Crippen LogP contribution is 2.25. The molecule has 0 amide bonds. The molecule has 0 radical (unpaired) electrons. The third-order valence-corrected chi connectivity index (χ3v) is 3.96. The normalized spacial score (nSPS) is 14.3. The smallest absolute Gasteiger partial charge is 0.0443 e. The molecule has 0 saturated carbocycles. The maximum atomic E-state index is 9.07. The van der Waals surface area contributed by atoms with Crippen molar-refractivity contribution in [3.8, 4) is 0 Å². The topological polar surface area (TPSA) is 26.7 Å². The molecule has 0 atom stereocenters. The van der Waals surface area contributed by atoms with Crippen molar-refractivity contribution in [1.82, 2.24) is 9.80 Å². The van der Waals surface area contributed by atoms with E-state index in [-0.39, 0.29) is 23.2 Å². The second-order valence-corrected chi connectivity index (χ2v) is 9.08. The lowest BCUT2D eigenvalue weighted by Crippen LogP contribution is -2.53. The zero-order valence-corrected chi connectivity index (χ0v) is 16.1. The molecule has 0 saturated heterocycles. The van der Waals surface area contributed by atoms with E-state index in [4.69, 9.17) is 5.11 Å². The molecule has 3 nitrogen and oxygen atoms in total. The Kier molecular flexibility index (Phi) is 7.89. The second kappa shape index (κ2) is 7.94. The number of hydrogen-bond donors (Lipinski definition) is 1. The van der Waals surface area contributed by atoms with E-state index in [9.17, 15) is 0 Å². The van der Waals surface area contributed by atoms with E-state index in [1.165, 1.54) is 0 Å². The minimum absolute atomic E-state index is 0.170. The average Bonchev–Trinajstić information content (AvgIpc) is 2.22. The van der Waals surface area contributed by atoms with E-state index >= 15 is 0 Å². The maximum Gasteiger partial charge on any atom is 0.0443 e. The van der Waals surface area contributed by atoms with Crippen LogP contribution in [0.25, 0.3) is 0 Å². The molecule has 0 unspecified atom stereocenters. The Morgan fingerprint density at radius 3 is 1.38 bits per heavy atom. The third kappa shape index (κ3) is 8.18. The van der Waals surface area contributed by atoms with Crippen LogP contribution < -0.4 is 0 Å². The minimum Gasteiger partial charge on any atom is -0.396 e. The lowest BCUT2D eigenvalue weighted by molar-refractivity contribution is 0.0297. The van der Waals surface area contributed by atoms with Gasteiger partial charge in [-0.3, -0.25) is 9.80 Å². The summed E-state index contributed by atoms with van der Waals surface area (Å²) in [5, 5.41) is 9.07. The lowest BCUT2D eigenvalue weighted by Gasteiger charge is -2.46. The first-order valence-electron chi connectivity index (χ1n) is 8.44. The van der Waals surface area contributed by atoms with Gasteiger partial charge in [0.05, 0.1) is 0 Å². The fourth-order valence-corrected chi connectivity index (χ4v) is 3.14. The van der Waals surface area contributed by atoms with E-state index in [0.717, 1.165) is 32.5 Å². The number of nitrogens with zero attached hydrogens (tertiary/aromatic N) is 2. The Bertz CT molecular complexity index is 267. The molecule has 0 aromatic carbocycles. The number of aliphatic hydroxyl groups is 1. The molecule has 0 aliphatic rings. The first-order chi connectivity index (χ1) is 9.30. The van der Waals surface area contributed by atoms with Crippen molar-refractivity contribution in [2.45, 2.75) is 91.8 Å². The van der Waals surface area contributed by atoms with Gasteiger partial charge < -0.3 is 5.11 Å². The minimum atomic E-state index is 0.170. The number of aliphatic hydroxyl groups excluding tert-OH is 1. The van der Waals surface area contributed by atoms with Crippen LogP contribution in [-0.2, 0) is 0 Å². The van der Waals surface area contributed by atoms with E-state index < -0.39 is 0 Å². The fraction of sp³-hybridized carbons (Fsp3) is 1.00. The predicted octanol–water partition coefficient (Wildman–Crippen LogP) is 3.76. The standard InChI is InChI=1S/C18H40N2O/c1-16(2,3)19(13-11-15-21)12-10-14-20(17(4,5)6)18(7,8)9/h21H,10-15H2,1-9H3. The van der Waals surface area contributed by atoms with Crippen molar-refractivity contribution in [2.24, 2.45) is 0 Å². The quantitative estimate of drug-likeness (QED) is 0.775. The van der Waals surface area contributed by atoms with Gasteiger partial charge in [0.1, 0.15) is 0 Å². The highest BCUT2D eigenvalue weighted by Gasteiger charge is 2.31. The predicted molar refractivity (Wildman–Crippen MR) is 93.9 cm³/mol. The molecule has 0 rings (SSSR count). The van der Waals surface area contributed by atoms with Gasteiger partial charge in [0.25, 0.3) is 0 Å².